The summed E-state index contributed by atoms with van der Waals surface area (Å²) in [5.74, 6) is 1.40. The van der Waals surface area contributed by atoms with E-state index in [1.165, 1.54) is 0 Å². The molecule has 2 aromatic rings. The Morgan fingerprint density at radius 1 is 1.10 bits per heavy atom. The van der Waals surface area contributed by atoms with Gasteiger partial charge in [-0.1, -0.05) is 22.0 Å². The third kappa shape index (κ3) is 2.56. The zero-order valence-electron chi connectivity index (χ0n) is 10.5. The number of hydrogen-bond acceptors (Lipinski definition) is 4. The van der Waals surface area contributed by atoms with Crippen LogP contribution in [0.5, 0.6) is 11.5 Å². The molecule has 0 fully saturated rings. The standard InChI is InChI=1S/C15H11BrN2O2/c16-11-2-4-12(5-3-11)18-13(8-17)10-1-6-14-15(7-10)20-9-19-14/h1-7,13,18H,9H2. The Morgan fingerprint density at radius 3 is 2.60 bits per heavy atom. The van der Waals surface area contributed by atoms with Gasteiger partial charge < -0.3 is 14.8 Å². The first-order chi connectivity index (χ1) is 9.76. The molecule has 0 bridgehead atoms. The monoisotopic (exact) mass is 330 g/mol. The summed E-state index contributed by atoms with van der Waals surface area (Å²) < 4.78 is 11.6. The van der Waals surface area contributed by atoms with Gasteiger partial charge in [-0.05, 0) is 42.0 Å². The van der Waals surface area contributed by atoms with Crippen LogP contribution < -0.4 is 14.8 Å². The minimum atomic E-state index is -0.439. The summed E-state index contributed by atoms with van der Waals surface area (Å²) in [5, 5.41) is 12.5. The number of nitrogens with zero attached hydrogens (tertiary/aromatic N) is 1. The van der Waals surface area contributed by atoms with Crippen molar-refractivity contribution in [3.63, 3.8) is 0 Å². The fourth-order valence-electron chi connectivity index (χ4n) is 2.00. The number of rotatable bonds is 3. The second-order valence-corrected chi connectivity index (χ2v) is 5.24. The number of benzene rings is 2. The van der Waals surface area contributed by atoms with Crippen molar-refractivity contribution in [2.75, 3.05) is 12.1 Å². The number of ether oxygens (including phenoxy) is 2. The van der Waals surface area contributed by atoms with Crippen LogP contribution in [0.15, 0.2) is 46.9 Å². The first-order valence-corrected chi connectivity index (χ1v) is 6.87. The van der Waals surface area contributed by atoms with E-state index >= 15 is 0 Å². The lowest BCUT2D eigenvalue weighted by molar-refractivity contribution is 0.174. The van der Waals surface area contributed by atoms with E-state index in [0.717, 1.165) is 15.7 Å². The first kappa shape index (κ1) is 12.8. The van der Waals surface area contributed by atoms with Gasteiger partial charge in [0.15, 0.2) is 11.5 Å². The summed E-state index contributed by atoms with van der Waals surface area (Å²) in [7, 11) is 0. The molecule has 0 radical (unpaired) electrons. The molecule has 0 aromatic heterocycles. The number of nitrogens with one attached hydrogen (secondary N) is 1. The van der Waals surface area contributed by atoms with Crippen molar-refractivity contribution >= 4 is 21.6 Å². The van der Waals surface area contributed by atoms with Crippen LogP contribution in [0.1, 0.15) is 11.6 Å². The summed E-state index contributed by atoms with van der Waals surface area (Å²) in [5.41, 5.74) is 1.73. The van der Waals surface area contributed by atoms with Gasteiger partial charge in [0.05, 0.1) is 6.07 Å². The topological polar surface area (TPSA) is 54.3 Å². The van der Waals surface area contributed by atoms with Crippen LogP contribution >= 0.6 is 15.9 Å². The summed E-state index contributed by atoms with van der Waals surface area (Å²) >= 11 is 3.38. The van der Waals surface area contributed by atoms with Gasteiger partial charge in [-0.25, -0.2) is 0 Å². The first-order valence-electron chi connectivity index (χ1n) is 6.07. The van der Waals surface area contributed by atoms with Crippen LogP contribution in [-0.4, -0.2) is 6.79 Å². The van der Waals surface area contributed by atoms with Crippen molar-refractivity contribution in [2.45, 2.75) is 6.04 Å². The maximum Gasteiger partial charge on any atom is 0.231 e. The van der Waals surface area contributed by atoms with Gasteiger partial charge in [0, 0.05) is 10.2 Å². The molecule has 1 atom stereocenters. The number of halogens is 1. The van der Waals surface area contributed by atoms with Crippen LogP contribution in [0.3, 0.4) is 0 Å². The number of hydrogen-bond donors (Lipinski definition) is 1. The van der Waals surface area contributed by atoms with E-state index in [-0.39, 0.29) is 6.79 Å². The quantitative estimate of drug-likeness (QED) is 0.928. The van der Waals surface area contributed by atoms with Crippen LogP contribution in [-0.2, 0) is 0 Å². The molecule has 20 heavy (non-hydrogen) atoms. The van der Waals surface area contributed by atoms with Crippen LogP contribution in [0, 0.1) is 11.3 Å². The molecule has 1 unspecified atom stereocenters. The van der Waals surface area contributed by atoms with Gasteiger partial charge in [-0.3, -0.25) is 0 Å². The molecule has 0 aliphatic carbocycles. The van der Waals surface area contributed by atoms with Crippen molar-refractivity contribution < 1.29 is 9.47 Å². The summed E-state index contributed by atoms with van der Waals surface area (Å²) in [6.45, 7) is 0.232. The Labute approximate surface area is 125 Å². The second-order valence-electron chi connectivity index (χ2n) is 4.33. The molecule has 0 saturated carbocycles. The fraction of sp³-hybridized carbons (Fsp3) is 0.133. The van der Waals surface area contributed by atoms with Crippen molar-refractivity contribution in [2.24, 2.45) is 0 Å². The van der Waals surface area contributed by atoms with E-state index in [1.807, 2.05) is 42.5 Å². The summed E-state index contributed by atoms with van der Waals surface area (Å²) in [6, 6.07) is 15.0. The van der Waals surface area contributed by atoms with Gasteiger partial charge in [-0.2, -0.15) is 5.26 Å². The minimum absolute atomic E-state index is 0.232. The molecule has 0 amide bonds. The lowest BCUT2D eigenvalue weighted by Crippen LogP contribution is -2.08. The SMILES string of the molecule is N#CC(Nc1ccc(Br)cc1)c1ccc2c(c1)OCO2. The normalized spacial score (nSPS) is 13.6. The van der Waals surface area contributed by atoms with Crippen molar-refractivity contribution in [1.29, 1.82) is 5.26 Å². The molecule has 1 heterocycles. The van der Waals surface area contributed by atoms with E-state index in [1.54, 1.807) is 0 Å². The van der Waals surface area contributed by atoms with Crippen LogP contribution in [0.4, 0.5) is 5.69 Å². The lowest BCUT2D eigenvalue weighted by atomic mass is 10.1. The molecular weight excluding hydrogens is 320 g/mol. The van der Waals surface area contributed by atoms with Crippen LogP contribution in [0.2, 0.25) is 0 Å². The largest absolute Gasteiger partial charge is 0.454 e. The molecule has 1 N–H and O–H groups in total. The molecule has 1 aliphatic rings. The average Bonchev–Trinajstić information content (AvgIpc) is 2.94. The molecule has 5 heteroatoms. The van der Waals surface area contributed by atoms with Gasteiger partial charge in [-0.15, -0.1) is 0 Å². The second kappa shape index (κ2) is 5.43. The van der Waals surface area contributed by atoms with Crippen molar-refractivity contribution in [3.05, 3.63) is 52.5 Å². The Balaban J connectivity index is 1.83. The minimum Gasteiger partial charge on any atom is -0.454 e. The van der Waals surface area contributed by atoms with E-state index in [9.17, 15) is 5.26 Å². The van der Waals surface area contributed by atoms with E-state index in [4.69, 9.17) is 9.47 Å². The zero-order chi connectivity index (χ0) is 13.9. The Hall–Kier alpha value is -2.19. The Morgan fingerprint density at radius 2 is 1.85 bits per heavy atom. The highest BCUT2D eigenvalue weighted by Gasteiger charge is 2.17. The highest BCUT2D eigenvalue weighted by Crippen LogP contribution is 2.34. The van der Waals surface area contributed by atoms with E-state index in [2.05, 4.69) is 27.3 Å². The molecule has 2 aromatic carbocycles. The fourth-order valence-corrected chi connectivity index (χ4v) is 2.26. The maximum atomic E-state index is 9.35. The molecule has 0 saturated heterocycles. The molecule has 1 aliphatic heterocycles. The molecule has 100 valence electrons. The van der Waals surface area contributed by atoms with Gasteiger partial charge in [0.25, 0.3) is 0 Å². The predicted molar refractivity (Wildman–Crippen MR) is 78.7 cm³/mol. The maximum absolute atomic E-state index is 9.35. The Kier molecular flexibility index (Phi) is 3.48. The third-order valence-corrected chi connectivity index (χ3v) is 3.54. The molecule has 3 rings (SSSR count). The summed E-state index contributed by atoms with van der Waals surface area (Å²) in [6.07, 6.45) is 0. The van der Waals surface area contributed by atoms with Gasteiger partial charge >= 0.3 is 0 Å². The average molecular weight is 331 g/mol. The number of fused-ring (bicyclic) bond motifs is 1. The third-order valence-electron chi connectivity index (χ3n) is 3.01. The van der Waals surface area contributed by atoms with E-state index in [0.29, 0.717) is 11.5 Å². The number of anilines is 1. The summed E-state index contributed by atoms with van der Waals surface area (Å²) in [4.78, 5) is 0. The van der Waals surface area contributed by atoms with Gasteiger partial charge in [0.2, 0.25) is 6.79 Å². The number of nitriles is 1. The highest BCUT2D eigenvalue weighted by atomic mass is 79.9. The smallest absolute Gasteiger partial charge is 0.231 e. The molecule has 0 spiro atoms. The molecule has 4 nitrogen and oxygen atoms in total. The lowest BCUT2D eigenvalue weighted by Gasteiger charge is -2.13. The van der Waals surface area contributed by atoms with Crippen LogP contribution in [0.25, 0.3) is 0 Å². The van der Waals surface area contributed by atoms with Crippen molar-refractivity contribution in [1.82, 2.24) is 0 Å². The van der Waals surface area contributed by atoms with E-state index < -0.39 is 6.04 Å². The molecular formula is C15H11BrN2O2. The highest BCUT2D eigenvalue weighted by molar-refractivity contribution is 9.10. The van der Waals surface area contributed by atoms with Gasteiger partial charge in [0.1, 0.15) is 6.04 Å². The Bertz CT molecular complexity index is 665. The zero-order valence-corrected chi connectivity index (χ0v) is 12.1. The van der Waals surface area contributed by atoms with Crippen molar-refractivity contribution in [3.8, 4) is 17.6 Å². The predicted octanol–water partition coefficient (Wildman–Crippen LogP) is 3.85.